The standard InChI is InChI=1S/C15H19N3O2S/c1-2-5-15-14-7-4-9-17(14)10-11-18(15)21(19,20)13-6-3-8-16-12-13/h3-4,6-9,12,15H,2,5,10-11H2,1H3. The Balaban J connectivity index is 2.02. The summed E-state index contributed by atoms with van der Waals surface area (Å²) in [5, 5.41) is 0. The number of rotatable bonds is 4. The highest BCUT2D eigenvalue weighted by Gasteiger charge is 2.35. The SMILES string of the molecule is CCCC1c2cccn2CCN1S(=O)(=O)c1cccnc1. The molecule has 112 valence electrons. The smallest absolute Gasteiger partial charge is 0.245 e. The summed E-state index contributed by atoms with van der Waals surface area (Å²) >= 11 is 0. The third kappa shape index (κ3) is 2.49. The maximum Gasteiger partial charge on any atom is 0.245 e. The topological polar surface area (TPSA) is 55.2 Å². The third-order valence-corrected chi connectivity index (χ3v) is 5.81. The van der Waals surface area contributed by atoms with Crippen LogP contribution in [0, 0.1) is 0 Å². The Morgan fingerprint density at radius 3 is 2.86 bits per heavy atom. The van der Waals surface area contributed by atoms with Gasteiger partial charge in [-0.15, -0.1) is 0 Å². The fraction of sp³-hybridized carbons (Fsp3) is 0.400. The minimum absolute atomic E-state index is 0.0936. The van der Waals surface area contributed by atoms with Crippen LogP contribution in [0.25, 0.3) is 0 Å². The van der Waals surface area contributed by atoms with Crippen LogP contribution in [-0.2, 0) is 16.6 Å². The van der Waals surface area contributed by atoms with Crippen molar-refractivity contribution in [2.75, 3.05) is 6.54 Å². The number of hydrogen-bond donors (Lipinski definition) is 0. The van der Waals surface area contributed by atoms with Crippen molar-refractivity contribution >= 4 is 10.0 Å². The van der Waals surface area contributed by atoms with E-state index < -0.39 is 10.0 Å². The molecule has 3 heterocycles. The molecule has 0 fully saturated rings. The van der Waals surface area contributed by atoms with Crippen LogP contribution < -0.4 is 0 Å². The van der Waals surface area contributed by atoms with Gasteiger partial charge in [-0.2, -0.15) is 4.31 Å². The van der Waals surface area contributed by atoms with Gasteiger partial charge in [0, 0.05) is 37.4 Å². The normalized spacial score (nSPS) is 19.4. The molecule has 0 bridgehead atoms. The molecule has 0 aliphatic carbocycles. The van der Waals surface area contributed by atoms with Crippen LogP contribution in [0.4, 0.5) is 0 Å². The van der Waals surface area contributed by atoms with E-state index in [1.807, 2.05) is 18.3 Å². The monoisotopic (exact) mass is 305 g/mol. The minimum Gasteiger partial charge on any atom is -0.349 e. The molecular weight excluding hydrogens is 286 g/mol. The number of hydrogen-bond acceptors (Lipinski definition) is 3. The average molecular weight is 305 g/mol. The van der Waals surface area contributed by atoms with E-state index in [9.17, 15) is 8.42 Å². The van der Waals surface area contributed by atoms with Gasteiger partial charge in [0.25, 0.3) is 0 Å². The molecule has 3 rings (SSSR count). The molecule has 2 aromatic rings. The van der Waals surface area contributed by atoms with E-state index in [2.05, 4.69) is 16.5 Å². The summed E-state index contributed by atoms with van der Waals surface area (Å²) < 4.78 is 29.5. The molecule has 1 aliphatic heterocycles. The second-order valence-corrected chi connectivity index (χ2v) is 7.13. The number of nitrogens with zero attached hydrogens (tertiary/aromatic N) is 3. The van der Waals surface area contributed by atoms with E-state index in [4.69, 9.17) is 0 Å². The summed E-state index contributed by atoms with van der Waals surface area (Å²) in [6.45, 7) is 3.28. The molecule has 2 aromatic heterocycles. The zero-order chi connectivity index (χ0) is 14.9. The average Bonchev–Trinajstić information content (AvgIpc) is 2.97. The molecule has 0 N–H and O–H groups in total. The van der Waals surface area contributed by atoms with Gasteiger partial charge in [-0.05, 0) is 30.7 Å². The van der Waals surface area contributed by atoms with Gasteiger partial charge in [0.2, 0.25) is 10.0 Å². The van der Waals surface area contributed by atoms with Gasteiger partial charge in [0.1, 0.15) is 4.90 Å². The van der Waals surface area contributed by atoms with Gasteiger partial charge in [0.05, 0.1) is 6.04 Å². The summed E-state index contributed by atoms with van der Waals surface area (Å²) in [4.78, 5) is 4.21. The molecule has 0 saturated heterocycles. The molecule has 1 aliphatic rings. The number of fused-ring (bicyclic) bond motifs is 1. The lowest BCUT2D eigenvalue weighted by atomic mass is 10.1. The summed E-state index contributed by atoms with van der Waals surface area (Å²) in [7, 11) is -3.50. The lowest BCUT2D eigenvalue weighted by molar-refractivity contribution is 0.253. The lowest BCUT2D eigenvalue weighted by Gasteiger charge is -2.35. The quantitative estimate of drug-likeness (QED) is 0.871. The fourth-order valence-electron chi connectivity index (χ4n) is 2.93. The minimum atomic E-state index is -3.50. The van der Waals surface area contributed by atoms with Crippen molar-refractivity contribution in [2.24, 2.45) is 0 Å². The summed E-state index contributed by atoms with van der Waals surface area (Å²) in [6, 6.07) is 7.18. The van der Waals surface area contributed by atoms with E-state index in [1.54, 1.807) is 22.6 Å². The molecule has 0 amide bonds. The van der Waals surface area contributed by atoms with Crippen LogP contribution in [0.1, 0.15) is 31.5 Å². The third-order valence-electron chi connectivity index (χ3n) is 3.92. The van der Waals surface area contributed by atoms with E-state index in [0.29, 0.717) is 13.1 Å². The van der Waals surface area contributed by atoms with Crippen molar-refractivity contribution in [3.8, 4) is 0 Å². The Bertz CT molecular complexity index is 710. The second-order valence-electron chi connectivity index (χ2n) is 5.24. The van der Waals surface area contributed by atoms with Gasteiger partial charge >= 0.3 is 0 Å². The van der Waals surface area contributed by atoms with Gasteiger partial charge in [0.15, 0.2) is 0 Å². The highest BCUT2D eigenvalue weighted by molar-refractivity contribution is 7.89. The number of sulfonamides is 1. The first-order valence-electron chi connectivity index (χ1n) is 7.21. The van der Waals surface area contributed by atoms with Crippen molar-refractivity contribution in [3.05, 3.63) is 48.5 Å². The van der Waals surface area contributed by atoms with Crippen LogP contribution in [0.3, 0.4) is 0 Å². The molecule has 21 heavy (non-hydrogen) atoms. The Morgan fingerprint density at radius 1 is 1.29 bits per heavy atom. The van der Waals surface area contributed by atoms with Crippen LogP contribution in [-0.4, -0.2) is 28.8 Å². The van der Waals surface area contributed by atoms with Crippen molar-refractivity contribution < 1.29 is 8.42 Å². The van der Waals surface area contributed by atoms with Crippen molar-refractivity contribution in [1.29, 1.82) is 0 Å². The van der Waals surface area contributed by atoms with Gasteiger partial charge in [-0.1, -0.05) is 13.3 Å². The Hall–Kier alpha value is -1.66. The fourth-order valence-corrected chi connectivity index (χ4v) is 4.52. The Labute approximate surface area is 125 Å². The summed E-state index contributed by atoms with van der Waals surface area (Å²) in [5.74, 6) is 0. The molecular formula is C15H19N3O2S. The first-order chi connectivity index (χ1) is 10.1. The van der Waals surface area contributed by atoms with E-state index in [-0.39, 0.29) is 10.9 Å². The molecule has 1 unspecified atom stereocenters. The van der Waals surface area contributed by atoms with Crippen LogP contribution in [0.5, 0.6) is 0 Å². The molecule has 0 radical (unpaired) electrons. The zero-order valence-electron chi connectivity index (χ0n) is 12.0. The van der Waals surface area contributed by atoms with Gasteiger partial charge in [-0.25, -0.2) is 8.42 Å². The highest BCUT2D eigenvalue weighted by atomic mass is 32.2. The Morgan fingerprint density at radius 2 is 2.14 bits per heavy atom. The molecule has 5 nitrogen and oxygen atoms in total. The lowest BCUT2D eigenvalue weighted by Crippen LogP contribution is -2.41. The second kappa shape index (κ2) is 5.61. The Kier molecular flexibility index (Phi) is 3.82. The van der Waals surface area contributed by atoms with Gasteiger partial charge < -0.3 is 4.57 Å². The largest absolute Gasteiger partial charge is 0.349 e. The predicted molar refractivity (Wildman–Crippen MR) is 80.2 cm³/mol. The van der Waals surface area contributed by atoms with Gasteiger partial charge in [-0.3, -0.25) is 4.98 Å². The predicted octanol–water partition coefficient (Wildman–Crippen LogP) is 2.43. The van der Waals surface area contributed by atoms with Crippen molar-refractivity contribution in [2.45, 2.75) is 37.2 Å². The zero-order valence-corrected chi connectivity index (χ0v) is 12.8. The van der Waals surface area contributed by atoms with Crippen LogP contribution in [0.2, 0.25) is 0 Å². The van der Waals surface area contributed by atoms with E-state index >= 15 is 0 Å². The molecule has 0 spiro atoms. The first kappa shape index (κ1) is 14.3. The van der Waals surface area contributed by atoms with Crippen molar-refractivity contribution in [3.63, 3.8) is 0 Å². The van der Waals surface area contributed by atoms with Crippen molar-refractivity contribution in [1.82, 2.24) is 13.9 Å². The van der Waals surface area contributed by atoms with E-state index in [0.717, 1.165) is 18.5 Å². The molecule has 0 aromatic carbocycles. The van der Waals surface area contributed by atoms with Crippen LogP contribution in [0.15, 0.2) is 47.8 Å². The number of aromatic nitrogens is 2. The molecule has 6 heteroatoms. The molecule has 0 saturated carbocycles. The summed E-state index contributed by atoms with van der Waals surface area (Å²) in [5.41, 5.74) is 1.08. The maximum atomic E-state index is 12.9. The van der Waals surface area contributed by atoms with Crippen LogP contribution >= 0.6 is 0 Å². The highest BCUT2D eigenvalue weighted by Crippen LogP contribution is 2.34. The first-order valence-corrected chi connectivity index (χ1v) is 8.65. The summed E-state index contributed by atoms with van der Waals surface area (Å²) in [6.07, 6.45) is 6.79. The maximum absolute atomic E-state index is 12.9. The van der Waals surface area contributed by atoms with E-state index in [1.165, 1.54) is 6.20 Å². The molecule has 1 atom stereocenters. The number of pyridine rings is 1.